The van der Waals surface area contributed by atoms with Crippen LogP contribution in [0.1, 0.15) is 33.4 Å². The normalized spacial score (nSPS) is 10.1. The van der Waals surface area contributed by atoms with Crippen molar-refractivity contribution >= 4 is 18.1 Å². The molecule has 0 spiro atoms. The molecule has 24 heavy (non-hydrogen) atoms. The van der Waals surface area contributed by atoms with Gasteiger partial charge < -0.3 is 0 Å². The van der Waals surface area contributed by atoms with Crippen LogP contribution in [0.3, 0.4) is 0 Å². The summed E-state index contributed by atoms with van der Waals surface area (Å²) in [6, 6.07) is 24.9. The van der Waals surface area contributed by atoms with E-state index in [4.69, 9.17) is 5.41 Å². The van der Waals surface area contributed by atoms with Gasteiger partial charge in [-0.2, -0.15) is 0 Å². The average Bonchev–Trinajstić information content (AvgIpc) is 2.58. The van der Waals surface area contributed by atoms with Gasteiger partial charge in [0.25, 0.3) is 0 Å². The van der Waals surface area contributed by atoms with E-state index in [9.17, 15) is 0 Å². The van der Waals surface area contributed by atoms with Crippen LogP contribution in [-0.2, 0) is 6.42 Å². The summed E-state index contributed by atoms with van der Waals surface area (Å²) in [5.41, 5.74) is 7.53. The van der Waals surface area contributed by atoms with Crippen LogP contribution in [-0.4, -0.2) is 5.71 Å². The lowest BCUT2D eigenvalue weighted by atomic mass is 9.91. The molecule has 1 N–H and O–H groups in total. The van der Waals surface area contributed by atoms with Gasteiger partial charge in [-0.3, -0.25) is 5.41 Å². The van der Waals surface area contributed by atoms with Gasteiger partial charge in [0.2, 0.25) is 0 Å². The van der Waals surface area contributed by atoms with Crippen molar-refractivity contribution in [3.05, 3.63) is 106 Å². The maximum absolute atomic E-state index is 8.71. The van der Waals surface area contributed by atoms with Crippen molar-refractivity contribution in [2.75, 3.05) is 0 Å². The van der Waals surface area contributed by atoms with Crippen LogP contribution in [0.5, 0.6) is 0 Å². The SMILES string of the molecule is Cc1cccc(C(=N)c2ccccc2Cc2ccccc2)c1C.Cl. The minimum absolute atomic E-state index is 0. The van der Waals surface area contributed by atoms with E-state index < -0.39 is 0 Å². The van der Waals surface area contributed by atoms with Crippen molar-refractivity contribution in [1.29, 1.82) is 5.41 Å². The Hall–Kier alpha value is -2.38. The van der Waals surface area contributed by atoms with E-state index in [1.54, 1.807) is 0 Å². The molecule has 0 heterocycles. The first-order valence-electron chi connectivity index (χ1n) is 7.94. The van der Waals surface area contributed by atoms with Gasteiger partial charge in [-0.25, -0.2) is 0 Å². The number of hydrogen-bond donors (Lipinski definition) is 1. The van der Waals surface area contributed by atoms with Crippen LogP contribution in [0.4, 0.5) is 0 Å². The molecule has 0 fully saturated rings. The Kier molecular flexibility index (Phi) is 5.94. The summed E-state index contributed by atoms with van der Waals surface area (Å²) in [7, 11) is 0. The van der Waals surface area contributed by atoms with E-state index in [1.165, 1.54) is 22.3 Å². The molecule has 3 aromatic carbocycles. The topological polar surface area (TPSA) is 23.9 Å². The van der Waals surface area contributed by atoms with Gasteiger partial charge in [-0.1, -0.05) is 72.8 Å². The van der Waals surface area contributed by atoms with E-state index in [1.807, 2.05) is 24.3 Å². The second-order valence-corrected chi connectivity index (χ2v) is 5.94. The lowest BCUT2D eigenvalue weighted by molar-refractivity contribution is 1.18. The molecule has 3 aromatic rings. The van der Waals surface area contributed by atoms with Crippen LogP contribution in [0.15, 0.2) is 72.8 Å². The lowest BCUT2D eigenvalue weighted by Gasteiger charge is -2.14. The molecule has 0 aliphatic heterocycles. The van der Waals surface area contributed by atoms with Gasteiger partial charge in [0.1, 0.15) is 0 Å². The predicted octanol–water partition coefficient (Wildman–Crippen LogP) is 5.73. The first-order chi connectivity index (χ1) is 11.2. The molecule has 0 saturated carbocycles. The average molecular weight is 336 g/mol. The van der Waals surface area contributed by atoms with Gasteiger partial charge in [0, 0.05) is 11.1 Å². The summed E-state index contributed by atoms with van der Waals surface area (Å²) in [6.07, 6.45) is 0.851. The van der Waals surface area contributed by atoms with E-state index in [-0.39, 0.29) is 12.4 Å². The van der Waals surface area contributed by atoms with Gasteiger partial charge in [0.05, 0.1) is 5.71 Å². The van der Waals surface area contributed by atoms with Gasteiger partial charge in [-0.05, 0) is 42.5 Å². The molecule has 122 valence electrons. The highest BCUT2D eigenvalue weighted by Crippen LogP contribution is 2.21. The van der Waals surface area contributed by atoms with Crippen LogP contribution >= 0.6 is 12.4 Å². The Balaban J connectivity index is 0.00000208. The zero-order valence-corrected chi connectivity index (χ0v) is 14.9. The second-order valence-electron chi connectivity index (χ2n) is 5.94. The standard InChI is InChI=1S/C22H21N.ClH/c1-16-9-8-14-20(17(16)2)22(23)21-13-7-6-12-19(21)15-18-10-4-3-5-11-18;/h3-14,23H,15H2,1-2H3;1H. The van der Waals surface area contributed by atoms with Crippen LogP contribution in [0.2, 0.25) is 0 Å². The van der Waals surface area contributed by atoms with Crippen molar-refractivity contribution in [2.45, 2.75) is 20.3 Å². The molecule has 3 rings (SSSR count). The molecule has 0 aliphatic carbocycles. The van der Waals surface area contributed by atoms with Crippen molar-refractivity contribution in [1.82, 2.24) is 0 Å². The van der Waals surface area contributed by atoms with E-state index >= 15 is 0 Å². The van der Waals surface area contributed by atoms with Crippen LogP contribution in [0.25, 0.3) is 0 Å². The third kappa shape index (κ3) is 3.74. The molecular weight excluding hydrogens is 314 g/mol. The summed E-state index contributed by atoms with van der Waals surface area (Å²) in [5, 5.41) is 8.71. The van der Waals surface area contributed by atoms with Crippen LogP contribution < -0.4 is 0 Å². The maximum Gasteiger partial charge on any atom is 0.0690 e. The molecule has 0 amide bonds. The molecule has 0 atom stereocenters. The van der Waals surface area contributed by atoms with Crippen molar-refractivity contribution < 1.29 is 0 Å². The Morgan fingerprint density at radius 3 is 2.12 bits per heavy atom. The predicted molar refractivity (Wildman–Crippen MR) is 105 cm³/mol. The van der Waals surface area contributed by atoms with Crippen molar-refractivity contribution in [3.8, 4) is 0 Å². The smallest absolute Gasteiger partial charge is 0.0690 e. The Bertz CT molecular complexity index is 838. The Morgan fingerprint density at radius 1 is 0.750 bits per heavy atom. The minimum Gasteiger partial charge on any atom is -0.300 e. The first-order valence-corrected chi connectivity index (χ1v) is 7.94. The highest BCUT2D eigenvalue weighted by Gasteiger charge is 2.12. The van der Waals surface area contributed by atoms with Crippen molar-refractivity contribution in [2.24, 2.45) is 0 Å². The minimum atomic E-state index is 0. The van der Waals surface area contributed by atoms with E-state index in [2.05, 4.69) is 62.4 Å². The fourth-order valence-corrected chi connectivity index (χ4v) is 2.90. The number of hydrogen-bond acceptors (Lipinski definition) is 1. The molecule has 0 bridgehead atoms. The zero-order valence-electron chi connectivity index (χ0n) is 14.0. The molecule has 1 nitrogen and oxygen atoms in total. The highest BCUT2D eigenvalue weighted by atomic mass is 35.5. The zero-order chi connectivity index (χ0) is 16.2. The summed E-state index contributed by atoms with van der Waals surface area (Å²) >= 11 is 0. The lowest BCUT2D eigenvalue weighted by Crippen LogP contribution is -2.08. The third-order valence-electron chi connectivity index (χ3n) is 4.40. The fourth-order valence-electron chi connectivity index (χ4n) is 2.90. The highest BCUT2D eigenvalue weighted by molar-refractivity contribution is 6.12. The van der Waals surface area contributed by atoms with Gasteiger partial charge >= 0.3 is 0 Å². The van der Waals surface area contributed by atoms with Crippen LogP contribution in [0, 0.1) is 19.3 Å². The molecule has 0 radical (unpaired) electrons. The van der Waals surface area contributed by atoms with Crippen molar-refractivity contribution in [3.63, 3.8) is 0 Å². The Morgan fingerprint density at radius 2 is 1.38 bits per heavy atom. The Labute approximate surface area is 150 Å². The number of rotatable bonds is 4. The molecule has 0 unspecified atom stereocenters. The molecular formula is C22H22ClN. The molecule has 0 saturated heterocycles. The second kappa shape index (κ2) is 7.94. The van der Waals surface area contributed by atoms with E-state index in [0.717, 1.165) is 17.5 Å². The number of aryl methyl sites for hydroxylation is 1. The number of benzene rings is 3. The molecule has 0 aliphatic rings. The quantitative estimate of drug-likeness (QED) is 0.588. The summed E-state index contributed by atoms with van der Waals surface area (Å²) in [4.78, 5) is 0. The molecule has 0 aromatic heterocycles. The maximum atomic E-state index is 8.71. The van der Waals surface area contributed by atoms with Gasteiger partial charge in [-0.15, -0.1) is 12.4 Å². The summed E-state index contributed by atoms with van der Waals surface area (Å²) in [5.74, 6) is 0. The first kappa shape index (κ1) is 18.0. The van der Waals surface area contributed by atoms with Gasteiger partial charge in [0.15, 0.2) is 0 Å². The fraction of sp³-hybridized carbons (Fsp3) is 0.136. The summed E-state index contributed by atoms with van der Waals surface area (Å²) in [6.45, 7) is 4.20. The number of halogens is 1. The third-order valence-corrected chi connectivity index (χ3v) is 4.40. The van der Waals surface area contributed by atoms with E-state index in [0.29, 0.717) is 5.71 Å². The number of nitrogens with one attached hydrogen (secondary N) is 1. The monoisotopic (exact) mass is 335 g/mol. The summed E-state index contributed by atoms with van der Waals surface area (Å²) < 4.78 is 0. The largest absolute Gasteiger partial charge is 0.300 e. The molecule has 2 heteroatoms.